The molecule has 1 aliphatic rings. The molecular weight excluding hydrogens is 230 g/mol. The minimum absolute atomic E-state index is 0.403. The Balaban J connectivity index is 1.83. The molecule has 0 amide bonds. The van der Waals surface area contributed by atoms with Crippen molar-refractivity contribution in [1.29, 1.82) is 0 Å². The molecule has 18 heavy (non-hydrogen) atoms. The molecule has 0 bridgehead atoms. The first-order chi connectivity index (χ1) is 8.81. The number of para-hydroxylation sites is 1. The van der Waals surface area contributed by atoms with Crippen molar-refractivity contribution < 1.29 is 14.6 Å². The van der Waals surface area contributed by atoms with Crippen LogP contribution in [0.5, 0.6) is 5.75 Å². The van der Waals surface area contributed by atoms with Crippen LogP contribution in [0.4, 0.5) is 0 Å². The largest absolute Gasteiger partial charge is 0.508 e. The molecule has 0 aromatic heterocycles. The number of hydrogen-bond acceptors (Lipinski definition) is 4. The van der Waals surface area contributed by atoms with Crippen molar-refractivity contribution in [3.05, 3.63) is 29.8 Å². The Bertz CT molecular complexity index is 386. The average Bonchev–Trinajstić information content (AvgIpc) is 2.41. The molecule has 0 radical (unpaired) electrons. The summed E-state index contributed by atoms with van der Waals surface area (Å²) in [4.78, 5) is 12.3. The van der Waals surface area contributed by atoms with Crippen molar-refractivity contribution in [3.63, 3.8) is 0 Å². The van der Waals surface area contributed by atoms with Gasteiger partial charge in [0.05, 0.1) is 0 Å². The third-order valence-electron chi connectivity index (χ3n) is 3.56. The summed E-state index contributed by atoms with van der Waals surface area (Å²) in [5.41, 5.74) is 1.06. The summed E-state index contributed by atoms with van der Waals surface area (Å²) in [6, 6.07) is 7.58. The van der Waals surface area contributed by atoms with Crippen LogP contribution in [0.1, 0.15) is 24.3 Å². The number of carbonyl (C=O) groups is 1. The molecule has 0 saturated carbocycles. The fourth-order valence-corrected chi connectivity index (χ4v) is 2.53. The lowest BCUT2D eigenvalue weighted by Crippen LogP contribution is -2.35. The van der Waals surface area contributed by atoms with Crippen molar-refractivity contribution in [2.75, 3.05) is 26.2 Å². The monoisotopic (exact) mass is 249 g/mol. The maximum absolute atomic E-state index is 10.1. The summed E-state index contributed by atoms with van der Waals surface area (Å²) in [6.45, 7) is 3.73. The third kappa shape index (κ3) is 3.23. The lowest BCUT2D eigenvalue weighted by Gasteiger charge is -2.32. The van der Waals surface area contributed by atoms with E-state index in [1.165, 1.54) is 0 Å². The van der Waals surface area contributed by atoms with E-state index >= 15 is 0 Å². The number of piperidine rings is 1. The predicted molar refractivity (Wildman–Crippen MR) is 68.5 cm³/mol. The number of ether oxygens (including phenoxy) is 1. The lowest BCUT2D eigenvalue weighted by atomic mass is 9.89. The van der Waals surface area contributed by atoms with Gasteiger partial charge in [-0.15, -0.1) is 0 Å². The lowest BCUT2D eigenvalue weighted by molar-refractivity contribution is -0.129. The van der Waals surface area contributed by atoms with E-state index < -0.39 is 0 Å². The molecule has 1 saturated heterocycles. The number of benzene rings is 1. The van der Waals surface area contributed by atoms with Gasteiger partial charge in [0.2, 0.25) is 0 Å². The smallest absolute Gasteiger partial charge is 0.293 e. The van der Waals surface area contributed by atoms with Crippen molar-refractivity contribution in [3.8, 4) is 5.75 Å². The molecule has 2 rings (SSSR count). The molecule has 0 spiro atoms. The number of rotatable bonds is 5. The first-order valence-corrected chi connectivity index (χ1v) is 6.36. The number of likely N-dealkylation sites (tertiary alicyclic amines) is 1. The highest BCUT2D eigenvalue weighted by atomic mass is 16.5. The topological polar surface area (TPSA) is 49.8 Å². The molecule has 4 heteroatoms. The molecule has 0 unspecified atom stereocenters. The average molecular weight is 249 g/mol. The predicted octanol–water partition coefficient (Wildman–Crippen LogP) is 1.74. The normalized spacial score (nSPS) is 17.6. The van der Waals surface area contributed by atoms with Crippen LogP contribution in [0.25, 0.3) is 0 Å². The van der Waals surface area contributed by atoms with Crippen LogP contribution in [0.2, 0.25) is 0 Å². The molecule has 1 aliphatic heterocycles. The van der Waals surface area contributed by atoms with Crippen LogP contribution in [-0.2, 0) is 9.53 Å². The van der Waals surface area contributed by atoms with Crippen molar-refractivity contribution in [2.24, 2.45) is 0 Å². The van der Waals surface area contributed by atoms with Gasteiger partial charge in [-0.25, -0.2) is 0 Å². The van der Waals surface area contributed by atoms with Gasteiger partial charge in [-0.1, -0.05) is 18.2 Å². The first-order valence-electron chi connectivity index (χ1n) is 6.36. The Labute approximate surface area is 107 Å². The minimum atomic E-state index is 0.403. The van der Waals surface area contributed by atoms with E-state index in [0.717, 1.165) is 38.0 Å². The van der Waals surface area contributed by atoms with Gasteiger partial charge >= 0.3 is 0 Å². The molecule has 4 nitrogen and oxygen atoms in total. The van der Waals surface area contributed by atoms with Crippen LogP contribution < -0.4 is 0 Å². The van der Waals surface area contributed by atoms with Gasteiger partial charge in [-0.2, -0.15) is 0 Å². The molecule has 1 aromatic carbocycles. The summed E-state index contributed by atoms with van der Waals surface area (Å²) in [5, 5.41) is 9.83. The first kappa shape index (κ1) is 12.9. The number of nitrogens with zero attached hydrogens (tertiary/aromatic N) is 1. The number of phenolic OH excluding ortho intramolecular Hbond substituents is 1. The molecule has 1 heterocycles. The Morgan fingerprint density at radius 2 is 2.06 bits per heavy atom. The number of aromatic hydroxyl groups is 1. The van der Waals surface area contributed by atoms with E-state index in [0.29, 0.717) is 24.7 Å². The molecule has 1 fully saturated rings. The molecule has 0 aliphatic carbocycles. The van der Waals surface area contributed by atoms with Crippen LogP contribution in [0, 0.1) is 0 Å². The highest BCUT2D eigenvalue weighted by Crippen LogP contribution is 2.33. The summed E-state index contributed by atoms with van der Waals surface area (Å²) in [6.07, 6.45) is 2.08. The van der Waals surface area contributed by atoms with Crippen LogP contribution >= 0.6 is 0 Å². The zero-order valence-corrected chi connectivity index (χ0v) is 10.4. The maximum Gasteiger partial charge on any atom is 0.293 e. The highest BCUT2D eigenvalue weighted by molar-refractivity contribution is 5.37. The number of carbonyl (C=O) groups excluding carboxylic acids is 1. The molecule has 0 atom stereocenters. The van der Waals surface area contributed by atoms with Crippen molar-refractivity contribution in [2.45, 2.75) is 18.8 Å². The van der Waals surface area contributed by atoms with Gasteiger partial charge in [0.15, 0.2) is 0 Å². The van der Waals surface area contributed by atoms with E-state index in [1.807, 2.05) is 18.2 Å². The van der Waals surface area contributed by atoms with Gasteiger partial charge < -0.3 is 9.84 Å². The molecule has 98 valence electrons. The summed E-state index contributed by atoms with van der Waals surface area (Å²) in [7, 11) is 0. The standard InChI is InChI=1S/C14H19NO3/c16-11-18-10-9-15-7-5-12(6-8-15)13-3-1-2-4-14(13)17/h1-4,11-12,17H,5-10H2. The minimum Gasteiger partial charge on any atom is -0.508 e. The van der Waals surface area contributed by atoms with Gasteiger partial charge in [0.25, 0.3) is 6.47 Å². The maximum atomic E-state index is 10.1. The van der Waals surface area contributed by atoms with Gasteiger partial charge in [-0.3, -0.25) is 9.69 Å². The Hall–Kier alpha value is -1.55. The fraction of sp³-hybridized carbons (Fsp3) is 0.500. The van der Waals surface area contributed by atoms with E-state index in [9.17, 15) is 9.90 Å². The quantitative estimate of drug-likeness (QED) is 0.638. The number of hydrogen-bond donors (Lipinski definition) is 1. The van der Waals surface area contributed by atoms with Crippen LogP contribution in [0.15, 0.2) is 24.3 Å². The van der Waals surface area contributed by atoms with Gasteiger partial charge in [0.1, 0.15) is 12.4 Å². The molecule has 1 aromatic rings. The fourth-order valence-electron chi connectivity index (χ4n) is 2.53. The van der Waals surface area contributed by atoms with E-state index in [-0.39, 0.29) is 0 Å². The zero-order chi connectivity index (χ0) is 12.8. The SMILES string of the molecule is O=COCCN1CCC(c2ccccc2O)CC1. The number of phenols is 1. The van der Waals surface area contributed by atoms with Crippen molar-refractivity contribution >= 4 is 6.47 Å². The van der Waals surface area contributed by atoms with Gasteiger partial charge in [0, 0.05) is 6.54 Å². The van der Waals surface area contributed by atoms with E-state index in [1.54, 1.807) is 6.07 Å². The van der Waals surface area contributed by atoms with Crippen LogP contribution in [-0.4, -0.2) is 42.7 Å². The zero-order valence-electron chi connectivity index (χ0n) is 10.4. The third-order valence-corrected chi connectivity index (χ3v) is 3.56. The second-order valence-electron chi connectivity index (χ2n) is 4.64. The van der Waals surface area contributed by atoms with E-state index in [4.69, 9.17) is 4.74 Å². The second-order valence-corrected chi connectivity index (χ2v) is 4.64. The van der Waals surface area contributed by atoms with Crippen molar-refractivity contribution in [1.82, 2.24) is 4.90 Å². The second kappa shape index (κ2) is 6.40. The summed E-state index contributed by atoms with van der Waals surface area (Å²) < 4.78 is 4.70. The van der Waals surface area contributed by atoms with E-state index in [2.05, 4.69) is 4.90 Å². The summed E-state index contributed by atoms with van der Waals surface area (Å²) in [5.74, 6) is 0.842. The highest BCUT2D eigenvalue weighted by Gasteiger charge is 2.22. The Kier molecular flexibility index (Phi) is 4.59. The Morgan fingerprint density at radius 3 is 2.72 bits per heavy atom. The van der Waals surface area contributed by atoms with Gasteiger partial charge in [-0.05, 0) is 43.5 Å². The molecular formula is C14H19NO3. The van der Waals surface area contributed by atoms with Crippen LogP contribution in [0.3, 0.4) is 0 Å². The summed E-state index contributed by atoms with van der Waals surface area (Å²) >= 11 is 0. The molecule has 1 N–H and O–H groups in total. The Morgan fingerprint density at radius 1 is 1.33 bits per heavy atom.